The Hall–Kier alpha value is -2.17. The fourth-order valence-corrected chi connectivity index (χ4v) is 3.60. The summed E-state index contributed by atoms with van der Waals surface area (Å²) in [5.41, 5.74) is 10.9. The Kier molecular flexibility index (Phi) is 4.32. The number of hydrogen-bond acceptors (Lipinski definition) is 3. The van der Waals surface area contributed by atoms with Gasteiger partial charge in [0.2, 0.25) is 0 Å². The second-order valence-electron chi connectivity index (χ2n) is 6.54. The van der Waals surface area contributed by atoms with E-state index >= 15 is 0 Å². The van der Waals surface area contributed by atoms with Gasteiger partial charge in [0.25, 0.3) is 0 Å². The molecule has 1 saturated heterocycles. The highest BCUT2D eigenvalue weighted by molar-refractivity contribution is 5.88. The van der Waals surface area contributed by atoms with E-state index in [1.54, 1.807) is 0 Å². The molecule has 1 atom stereocenters. The van der Waals surface area contributed by atoms with E-state index in [-0.39, 0.29) is 0 Å². The molecule has 1 aromatic carbocycles. The Morgan fingerprint density at radius 1 is 1.17 bits per heavy atom. The van der Waals surface area contributed by atoms with Gasteiger partial charge in [-0.1, -0.05) is 12.1 Å². The highest BCUT2D eigenvalue weighted by Gasteiger charge is 2.18. The van der Waals surface area contributed by atoms with Crippen LogP contribution in [-0.4, -0.2) is 29.3 Å². The van der Waals surface area contributed by atoms with Gasteiger partial charge in [0, 0.05) is 48.6 Å². The van der Waals surface area contributed by atoms with Crippen LogP contribution in [0.3, 0.4) is 0 Å². The van der Waals surface area contributed by atoms with Crippen molar-refractivity contribution in [2.75, 3.05) is 19.8 Å². The van der Waals surface area contributed by atoms with E-state index in [1.807, 2.05) is 12.4 Å². The minimum absolute atomic E-state index is 0.607. The predicted octanol–water partition coefficient (Wildman–Crippen LogP) is 3.24. The van der Waals surface area contributed by atoms with Gasteiger partial charge in [-0.15, -0.1) is 0 Å². The SMILES string of the molecule is NCCc1cn(CC2CCOC2)c2cc(-c3ccncc3)ccc12. The smallest absolute Gasteiger partial charge is 0.0512 e. The molecule has 1 aliphatic heterocycles. The van der Waals surface area contributed by atoms with E-state index in [1.165, 1.54) is 27.6 Å². The zero-order valence-corrected chi connectivity index (χ0v) is 13.8. The minimum atomic E-state index is 0.607. The molecule has 1 aliphatic rings. The maximum Gasteiger partial charge on any atom is 0.0512 e. The molecule has 3 aromatic rings. The number of benzene rings is 1. The molecule has 1 fully saturated rings. The molecule has 2 aromatic heterocycles. The molecule has 4 rings (SSSR count). The van der Waals surface area contributed by atoms with E-state index in [0.29, 0.717) is 12.5 Å². The summed E-state index contributed by atoms with van der Waals surface area (Å²) >= 11 is 0. The summed E-state index contributed by atoms with van der Waals surface area (Å²) in [4.78, 5) is 4.11. The maximum atomic E-state index is 5.81. The molecular formula is C20H23N3O. The Labute approximate surface area is 142 Å². The maximum absolute atomic E-state index is 5.81. The van der Waals surface area contributed by atoms with Gasteiger partial charge in [-0.25, -0.2) is 0 Å². The normalized spacial score (nSPS) is 17.6. The first kappa shape index (κ1) is 15.4. The van der Waals surface area contributed by atoms with Crippen LogP contribution in [0.5, 0.6) is 0 Å². The first-order valence-corrected chi connectivity index (χ1v) is 8.65. The van der Waals surface area contributed by atoms with Crippen LogP contribution < -0.4 is 5.73 Å². The van der Waals surface area contributed by atoms with Gasteiger partial charge in [0.1, 0.15) is 0 Å². The van der Waals surface area contributed by atoms with Crippen molar-refractivity contribution in [3.8, 4) is 11.1 Å². The van der Waals surface area contributed by atoms with Crippen molar-refractivity contribution < 1.29 is 4.74 Å². The average Bonchev–Trinajstić information content (AvgIpc) is 3.25. The van der Waals surface area contributed by atoms with Crippen LogP contribution in [0.1, 0.15) is 12.0 Å². The van der Waals surface area contributed by atoms with Crippen LogP contribution >= 0.6 is 0 Å². The van der Waals surface area contributed by atoms with Gasteiger partial charge in [-0.05, 0) is 54.3 Å². The van der Waals surface area contributed by atoms with Crippen LogP contribution in [0.2, 0.25) is 0 Å². The van der Waals surface area contributed by atoms with Crippen molar-refractivity contribution in [1.82, 2.24) is 9.55 Å². The third-order valence-electron chi connectivity index (χ3n) is 4.87. The molecule has 3 heterocycles. The first-order valence-electron chi connectivity index (χ1n) is 8.65. The molecule has 2 N–H and O–H groups in total. The number of aromatic nitrogens is 2. The fraction of sp³-hybridized carbons (Fsp3) is 0.350. The minimum Gasteiger partial charge on any atom is -0.381 e. The number of nitrogens with zero attached hydrogens (tertiary/aromatic N) is 2. The van der Waals surface area contributed by atoms with Crippen LogP contribution in [0.15, 0.2) is 48.9 Å². The van der Waals surface area contributed by atoms with Crippen molar-refractivity contribution in [1.29, 1.82) is 0 Å². The van der Waals surface area contributed by atoms with Crippen LogP contribution in [-0.2, 0) is 17.7 Å². The van der Waals surface area contributed by atoms with Crippen LogP contribution in [0.4, 0.5) is 0 Å². The zero-order valence-electron chi connectivity index (χ0n) is 13.8. The van der Waals surface area contributed by atoms with Crippen molar-refractivity contribution in [2.45, 2.75) is 19.4 Å². The molecule has 0 saturated carbocycles. The summed E-state index contributed by atoms with van der Waals surface area (Å²) in [6.45, 7) is 3.45. The molecule has 0 radical (unpaired) electrons. The van der Waals surface area contributed by atoms with E-state index in [2.05, 4.69) is 46.1 Å². The molecule has 4 nitrogen and oxygen atoms in total. The topological polar surface area (TPSA) is 53.1 Å². The van der Waals surface area contributed by atoms with Gasteiger partial charge in [-0.3, -0.25) is 4.98 Å². The number of rotatable bonds is 5. The van der Waals surface area contributed by atoms with Gasteiger partial charge in [0.15, 0.2) is 0 Å². The van der Waals surface area contributed by atoms with Gasteiger partial charge < -0.3 is 15.0 Å². The highest BCUT2D eigenvalue weighted by atomic mass is 16.5. The first-order chi connectivity index (χ1) is 11.8. The summed E-state index contributed by atoms with van der Waals surface area (Å²) in [5.74, 6) is 0.607. The van der Waals surface area contributed by atoms with E-state index in [9.17, 15) is 0 Å². The highest BCUT2D eigenvalue weighted by Crippen LogP contribution is 2.29. The lowest BCUT2D eigenvalue weighted by molar-refractivity contribution is 0.183. The number of ether oxygens (including phenoxy) is 1. The molecule has 0 amide bonds. The molecule has 0 aliphatic carbocycles. The lowest BCUT2D eigenvalue weighted by Crippen LogP contribution is -2.09. The van der Waals surface area contributed by atoms with Crippen LogP contribution in [0.25, 0.3) is 22.0 Å². The summed E-state index contributed by atoms with van der Waals surface area (Å²) in [7, 11) is 0. The lowest BCUT2D eigenvalue weighted by Gasteiger charge is -2.11. The van der Waals surface area contributed by atoms with E-state index in [0.717, 1.165) is 32.6 Å². The van der Waals surface area contributed by atoms with Crippen molar-refractivity contribution in [3.63, 3.8) is 0 Å². The number of hydrogen-bond donors (Lipinski definition) is 1. The third-order valence-corrected chi connectivity index (χ3v) is 4.87. The van der Waals surface area contributed by atoms with Gasteiger partial charge in [-0.2, -0.15) is 0 Å². The van der Waals surface area contributed by atoms with Crippen molar-refractivity contribution >= 4 is 10.9 Å². The summed E-state index contributed by atoms with van der Waals surface area (Å²) in [6, 6.07) is 10.8. The second-order valence-corrected chi connectivity index (χ2v) is 6.54. The standard InChI is InChI=1S/C20H23N3O/c21-7-3-18-13-23(12-15-6-10-24-14-15)20-11-17(1-2-19(18)20)16-4-8-22-9-5-16/h1-2,4-5,8-9,11,13,15H,3,6-7,10,12,14,21H2. The zero-order chi connectivity index (χ0) is 16.4. The molecule has 0 bridgehead atoms. The summed E-state index contributed by atoms with van der Waals surface area (Å²) in [5, 5.41) is 1.32. The third kappa shape index (κ3) is 2.95. The molecule has 0 spiro atoms. The lowest BCUT2D eigenvalue weighted by atomic mass is 10.0. The van der Waals surface area contributed by atoms with Gasteiger partial charge in [0.05, 0.1) is 6.61 Å². The molecule has 4 heteroatoms. The van der Waals surface area contributed by atoms with Gasteiger partial charge >= 0.3 is 0 Å². The van der Waals surface area contributed by atoms with E-state index < -0.39 is 0 Å². The second kappa shape index (κ2) is 6.75. The number of fused-ring (bicyclic) bond motifs is 1. The molecule has 1 unspecified atom stereocenters. The fourth-order valence-electron chi connectivity index (χ4n) is 3.60. The Balaban J connectivity index is 1.77. The quantitative estimate of drug-likeness (QED) is 0.785. The largest absolute Gasteiger partial charge is 0.381 e. The van der Waals surface area contributed by atoms with Crippen LogP contribution in [0, 0.1) is 5.92 Å². The van der Waals surface area contributed by atoms with E-state index in [4.69, 9.17) is 10.5 Å². The summed E-state index contributed by atoms with van der Waals surface area (Å²) in [6.07, 6.45) is 8.03. The molecule has 24 heavy (non-hydrogen) atoms. The monoisotopic (exact) mass is 321 g/mol. The Bertz CT molecular complexity index is 820. The Morgan fingerprint density at radius 2 is 2.04 bits per heavy atom. The number of nitrogens with two attached hydrogens (primary N) is 1. The van der Waals surface area contributed by atoms with Crippen molar-refractivity contribution in [2.24, 2.45) is 11.7 Å². The predicted molar refractivity (Wildman–Crippen MR) is 96.9 cm³/mol. The summed E-state index contributed by atoms with van der Waals surface area (Å²) < 4.78 is 7.94. The Morgan fingerprint density at radius 3 is 2.79 bits per heavy atom. The number of pyridine rings is 1. The average molecular weight is 321 g/mol. The molecule has 124 valence electrons. The van der Waals surface area contributed by atoms with Crippen molar-refractivity contribution in [3.05, 3.63) is 54.5 Å². The molecular weight excluding hydrogens is 298 g/mol.